The summed E-state index contributed by atoms with van der Waals surface area (Å²) in [6, 6.07) is 3.75. The van der Waals surface area contributed by atoms with Gasteiger partial charge in [0.15, 0.2) is 0 Å². The SMILES string of the molecule is CC(Sc1ccc(F)cc1F)C(=O)N(C)C1CCCCC1. The summed E-state index contributed by atoms with van der Waals surface area (Å²) < 4.78 is 26.5. The molecular weight excluding hydrogens is 292 g/mol. The summed E-state index contributed by atoms with van der Waals surface area (Å²) in [4.78, 5) is 14.6. The Labute approximate surface area is 128 Å². The fourth-order valence-electron chi connectivity index (χ4n) is 2.75. The third-order valence-electron chi connectivity index (χ3n) is 4.02. The van der Waals surface area contributed by atoms with Crippen molar-refractivity contribution in [3.8, 4) is 0 Å². The van der Waals surface area contributed by atoms with E-state index in [1.54, 1.807) is 11.8 Å². The van der Waals surface area contributed by atoms with E-state index in [1.165, 1.54) is 18.6 Å². The predicted octanol–water partition coefficient (Wildman–Crippen LogP) is 4.24. The zero-order valence-corrected chi connectivity index (χ0v) is 13.3. The van der Waals surface area contributed by atoms with Crippen LogP contribution in [-0.4, -0.2) is 29.1 Å². The fourth-order valence-corrected chi connectivity index (χ4v) is 3.71. The molecule has 21 heavy (non-hydrogen) atoms. The molecule has 1 saturated carbocycles. The molecular formula is C16H21F2NOS. The number of hydrogen-bond acceptors (Lipinski definition) is 2. The Hall–Kier alpha value is -1.10. The minimum Gasteiger partial charge on any atom is -0.342 e. The first-order valence-electron chi connectivity index (χ1n) is 7.37. The van der Waals surface area contributed by atoms with Crippen molar-refractivity contribution in [2.24, 2.45) is 0 Å². The number of rotatable bonds is 4. The van der Waals surface area contributed by atoms with Crippen molar-refractivity contribution in [2.45, 2.75) is 55.2 Å². The molecule has 1 aromatic carbocycles. The van der Waals surface area contributed by atoms with Crippen LogP contribution in [0.1, 0.15) is 39.0 Å². The van der Waals surface area contributed by atoms with Crippen LogP contribution in [-0.2, 0) is 4.79 Å². The van der Waals surface area contributed by atoms with Crippen molar-refractivity contribution in [3.63, 3.8) is 0 Å². The Balaban J connectivity index is 1.98. The first-order chi connectivity index (χ1) is 9.99. The molecule has 1 aliphatic rings. The van der Waals surface area contributed by atoms with Gasteiger partial charge in [-0.25, -0.2) is 8.78 Å². The van der Waals surface area contributed by atoms with Crippen molar-refractivity contribution >= 4 is 17.7 Å². The molecule has 0 saturated heterocycles. The molecule has 1 aromatic rings. The minimum atomic E-state index is -0.611. The molecule has 0 heterocycles. The summed E-state index contributed by atoms with van der Waals surface area (Å²) in [6.45, 7) is 1.77. The van der Waals surface area contributed by atoms with Crippen molar-refractivity contribution in [3.05, 3.63) is 29.8 Å². The lowest BCUT2D eigenvalue weighted by Gasteiger charge is -2.32. The molecule has 2 rings (SSSR count). The number of amides is 1. The van der Waals surface area contributed by atoms with E-state index in [1.807, 2.05) is 7.05 Å². The molecule has 2 nitrogen and oxygen atoms in total. The fraction of sp³-hybridized carbons (Fsp3) is 0.562. The van der Waals surface area contributed by atoms with E-state index in [2.05, 4.69) is 0 Å². The maximum atomic E-state index is 13.6. The van der Waals surface area contributed by atoms with E-state index in [-0.39, 0.29) is 11.2 Å². The average Bonchev–Trinajstić information content (AvgIpc) is 2.49. The van der Waals surface area contributed by atoms with Crippen molar-refractivity contribution in [1.29, 1.82) is 0 Å². The highest BCUT2D eigenvalue weighted by Crippen LogP contribution is 2.29. The van der Waals surface area contributed by atoms with Crippen LogP contribution < -0.4 is 0 Å². The quantitative estimate of drug-likeness (QED) is 0.775. The zero-order valence-electron chi connectivity index (χ0n) is 12.4. The summed E-state index contributed by atoms with van der Waals surface area (Å²) in [7, 11) is 1.83. The van der Waals surface area contributed by atoms with Gasteiger partial charge in [0.25, 0.3) is 0 Å². The van der Waals surface area contributed by atoms with E-state index in [9.17, 15) is 13.6 Å². The molecule has 0 aromatic heterocycles. The highest BCUT2D eigenvalue weighted by atomic mass is 32.2. The topological polar surface area (TPSA) is 20.3 Å². The second-order valence-corrected chi connectivity index (χ2v) is 6.96. The Kier molecular flexibility index (Phi) is 5.62. The van der Waals surface area contributed by atoms with E-state index in [0.29, 0.717) is 10.9 Å². The van der Waals surface area contributed by atoms with Gasteiger partial charge < -0.3 is 4.90 Å². The monoisotopic (exact) mass is 313 g/mol. The van der Waals surface area contributed by atoms with Gasteiger partial charge in [0.1, 0.15) is 11.6 Å². The lowest BCUT2D eigenvalue weighted by Crippen LogP contribution is -2.42. The molecule has 1 unspecified atom stereocenters. The molecule has 0 bridgehead atoms. The van der Waals surface area contributed by atoms with Crippen LogP contribution in [0.25, 0.3) is 0 Å². The molecule has 0 aliphatic heterocycles. The molecule has 0 radical (unpaired) electrons. The normalized spacial score (nSPS) is 17.5. The van der Waals surface area contributed by atoms with Gasteiger partial charge in [-0.05, 0) is 31.9 Å². The van der Waals surface area contributed by atoms with E-state index >= 15 is 0 Å². The second-order valence-electron chi connectivity index (χ2n) is 5.58. The molecule has 1 aliphatic carbocycles. The molecule has 0 N–H and O–H groups in total. The van der Waals surface area contributed by atoms with Gasteiger partial charge in [-0.1, -0.05) is 19.3 Å². The van der Waals surface area contributed by atoms with Crippen LogP contribution in [0, 0.1) is 11.6 Å². The van der Waals surface area contributed by atoms with Gasteiger partial charge in [0, 0.05) is 24.1 Å². The number of carbonyl (C=O) groups is 1. The van der Waals surface area contributed by atoms with E-state index in [0.717, 1.165) is 43.5 Å². The molecule has 1 fully saturated rings. The van der Waals surface area contributed by atoms with E-state index in [4.69, 9.17) is 0 Å². The van der Waals surface area contributed by atoms with Crippen LogP contribution in [0.15, 0.2) is 23.1 Å². The van der Waals surface area contributed by atoms with Gasteiger partial charge in [-0.2, -0.15) is 0 Å². The Morgan fingerprint density at radius 3 is 2.57 bits per heavy atom. The minimum absolute atomic E-state index is 0.00984. The van der Waals surface area contributed by atoms with Gasteiger partial charge in [0.05, 0.1) is 5.25 Å². The van der Waals surface area contributed by atoms with Gasteiger partial charge >= 0.3 is 0 Å². The van der Waals surface area contributed by atoms with Crippen LogP contribution >= 0.6 is 11.8 Å². The average molecular weight is 313 g/mol. The Bertz CT molecular complexity index is 503. The molecule has 5 heteroatoms. The Morgan fingerprint density at radius 1 is 1.29 bits per heavy atom. The lowest BCUT2D eigenvalue weighted by molar-refractivity contribution is -0.131. The maximum absolute atomic E-state index is 13.6. The number of benzene rings is 1. The van der Waals surface area contributed by atoms with Crippen LogP contribution in [0.2, 0.25) is 0 Å². The molecule has 1 amide bonds. The lowest BCUT2D eigenvalue weighted by atomic mass is 9.94. The van der Waals surface area contributed by atoms with Crippen LogP contribution in [0.5, 0.6) is 0 Å². The van der Waals surface area contributed by atoms with Crippen molar-refractivity contribution in [1.82, 2.24) is 4.90 Å². The van der Waals surface area contributed by atoms with Crippen LogP contribution in [0.4, 0.5) is 8.78 Å². The number of hydrogen-bond donors (Lipinski definition) is 0. The summed E-state index contributed by atoms with van der Waals surface area (Å²) in [5, 5.41) is -0.378. The third kappa shape index (κ3) is 4.19. The van der Waals surface area contributed by atoms with Crippen molar-refractivity contribution < 1.29 is 13.6 Å². The van der Waals surface area contributed by atoms with E-state index < -0.39 is 11.6 Å². The van der Waals surface area contributed by atoms with Gasteiger partial charge in [0.2, 0.25) is 5.91 Å². The summed E-state index contributed by atoms with van der Waals surface area (Å²) >= 11 is 1.15. The van der Waals surface area contributed by atoms with Crippen molar-refractivity contribution in [2.75, 3.05) is 7.05 Å². The summed E-state index contributed by atoms with van der Waals surface area (Å²) in [5.41, 5.74) is 0. The second kappa shape index (κ2) is 7.25. The van der Waals surface area contributed by atoms with Gasteiger partial charge in [-0.15, -0.1) is 11.8 Å². The standard InChI is InChI=1S/C16H21F2NOS/c1-11(21-15-9-8-12(17)10-14(15)18)16(20)19(2)13-6-4-3-5-7-13/h8-11,13H,3-7H2,1-2H3. The Morgan fingerprint density at radius 2 is 1.95 bits per heavy atom. The highest BCUT2D eigenvalue weighted by Gasteiger charge is 2.26. The molecule has 0 spiro atoms. The smallest absolute Gasteiger partial charge is 0.235 e. The zero-order chi connectivity index (χ0) is 15.4. The van der Waals surface area contributed by atoms with Crippen LogP contribution in [0.3, 0.4) is 0 Å². The first-order valence-corrected chi connectivity index (χ1v) is 8.25. The number of halogens is 2. The predicted molar refractivity (Wildman–Crippen MR) is 81.3 cm³/mol. The summed E-state index contributed by atoms with van der Waals surface area (Å²) in [6.07, 6.45) is 5.66. The molecule has 1 atom stereocenters. The highest BCUT2D eigenvalue weighted by molar-refractivity contribution is 8.00. The third-order valence-corrected chi connectivity index (χ3v) is 5.16. The summed E-state index contributed by atoms with van der Waals surface area (Å²) in [5.74, 6) is -1.20. The number of thioether (sulfide) groups is 1. The molecule has 116 valence electrons. The largest absolute Gasteiger partial charge is 0.342 e. The number of carbonyl (C=O) groups excluding carboxylic acids is 1. The first kappa shape index (κ1) is 16.3. The van der Waals surface area contributed by atoms with Gasteiger partial charge in [-0.3, -0.25) is 4.79 Å². The number of nitrogens with zero attached hydrogens (tertiary/aromatic N) is 1. The maximum Gasteiger partial charge on any atom is 0.235 e.